The first-order valence-corrected chi connectivity index (χ1v) is 8.11. The lowest BCUT2D eigenvalue weighted by Crippen LogP contribution is -2.17. The molecule has 0 spiro atoms. The van der Waals surface area contributed by atoms with E-state index in [2.05, 4.69) is 17.2 Å². The van der Waals surface area contributed by atoms with Gasteiger partial charge in [-0.1, -0.05) is 18.3 Å². The van der Waals surface area contributed by atoms with Crippen LogP contribution in [0.3, 0.4) is 0 Å². The molecule has 0 fully saturated rings. The number of hydrogen-bond donors (Lipinski definition) is 1. The molecule has 0 amide bonds. The van der Waals surface area contributed by atoms with Crippen molar-refractivity contribution in [3.05, 3.63) is 21.7 Å². The first kappa shape index (κ1) is 14.1. The lowest BCUT2D eigenvalue weighted by atomic mass is 10.2. The summed E-state index contributed by atoms with van der Waals surface area (Å²) in [5, 5.41) is 16.1. The summed E-state index contributed by atoms with van der Waals surface area (Å²) in [6, 6.07) is 0.169. The van der Waals surface area contributed by atoms with E-state index in [1.165, 1.54) is 15.7 Å². The van der Waals surface area contributed by atoms with Crippen LogP contribution in [0.15, 0.2) is 11.6 Å². The molecule has 6 nitrogen and oxygen atoms in total. The van der Waals surface area contributed by atoms with Crippen LogP contribution < -0.4 is 5.32 Å². The number of thioether (sulfide) groups is 1. The average molecular weight is 300 g/mol. The third kappa shape index (κ3) is 3.19. The molecule has 2 rings (SSSR count). The van der Waals surface area contributed by atoms with Crippen molar-refractivity contribution in [1.82, 2.24) is 9.38 Å². The lowest BCUT2D eigenvalue weighted by Gasteiger charge is -2.12. The van der Waals surface area contributed by atoms with E-state index in [-0.39, 0.29) is 16.8 Å². The summed E-state index contributed by atoms with van der Waals surface area (Å²) in [5.41, 5.74) is 0. The predicted octanol–water partition coefficient (Wildman–Crippen LogP) is 3.25. The van der Waals surface area contributed by atoms with Gasteiger partial charge in [-0.15, -0.1) is 0 Å². The summed E-state index contributed by atoms with van der Waals surface area (Å²) in [6.45, 7) is 4.14. The molecule has 8 heteroatoms. The molecule has 2 heterocycles. The van der Waals surface area contributed by atoms with Crippen LogP contribution in [0, 0.1) is 10.1 Å². The molecule has 19 heavy (non-hydrogen) atoms. The fraction of sp³-hybridized carbons (Fsp3) is 0.545. The quantitative estimate of drug-likeness (QED) is 0.483. The zero-order chi connectivity index (χ0) is 13.8. The van der Waals surface area contributed by atoms with Crippen molar-refractivity contribution < 1.29 is 4.92 Å². The minimum Gasteiger partial charge on any atom is -0.360 e. The van der Waals surface area contributed by atoms with Crippen LogP contribution in [-0.4, -0.2) is 31.9 Å². The highest BCUT2D eigenvalue weighted by atomic mass is 32.2. The number of hydrogen-bond acceptors (Lipinski definition) is 6. The zero-order valence-corrected chi connectivity index (χ0v) is 12.5. The molecule has 0 aliphatic carbocycles. The molecule has 1 N–H and O–H groups in total. The Kier molecular flexibility index (Phi) is 4.65. The SMILES string of the molecule is CCSCCC(C)Nc1nc2sccn2c1[N+](=O)[O-]. The van der Waals surface area contributed by atoms with E-state index in [1.54, 1.807) is 11.6 Å². The summed E-state index contributed by atoms with van der Waals surface area (Å²) in [6.07, 6.45) is 2.63. The van der Waals surface area contributed by atoms with Gasteiger partial charge in [0.2, 0.25) is 5.82 Å². The molecular formula is C11H16N4O2S2. The van der Waals surface area contributed by atoms with Crippen molar-refractivity contribution in [2.45, 2.75) is 26.3 Å². The second kappa shape index (κ2) is 6.25. The van der Waals surface area contributed by atoms with Crippen LogP contribution in [0.2, 0.25) is 0 Å². The molecule has 0 saturated carbocycles. The molecule has 2 aromatic rings. The van der Waals surface area contributed by atoms with Crippen molar-refractivity contribution in [2.24, 2.45) is 0 Å². The van der Waals surface area contributed by atoms with Gasteiger partial charge in [0.05, 0.1) is 0 Å². The highest BCUT2D eigenvalue weighted by Crippen LogP contribution is 2.28. The number of anilines is 1. The van der Waals surface area contributed by atoms with Gasteiger partial charge in [-0.25, -0.2) is 0 Å². The third-order valence-electron chi connectivity index (χ3n) is 2.69. The predicted molar refractivity (Wildman–Crippen MR) is 80.4 cm³/mol. The van der Waals surface area contributed by atoms with Crippen molar-refractivity contribution in [3.8, 4) is 0 Å². The second-order valence-corrected chi connectivity index (χ2v) is 6.39. The number of nitrogens with one attached hydrogen (secondary N) is 1. The minimum absolute atomic E-state index is 0.0197. The number of nitro groups is 1. The van der Waals surface area contributed by atoms with Crippen LogP contribution in [-0.2, 0) is 0 Å². The average Bonchev–Trinajstić information content (AvgIpc) is 2.88. The highest BCUT2D eigenvalue weighted by Gasteiger charge is 2.24. The third-order valence-corrected chi connectivity index (χ3v) is 4.38. The Balaban J connectivity index is 2.13. The second-order valence-electron chi connectivity index (χ2n) is 4.13. The molecule has 0 saturated heterocycles. The summed E-state index contributed by atoms with van der Waals surface area (Å²) in [7, 11) is 0. The van der Waals surface area contributed by atoms with Crippen LogP contribution >= 0.6 is 23.1 Å². The van der Waals surface area contributed by atoms with E-state index >= 15 is 0 Å². The molecule has 1 unspecified atom stereocenters. The topological polar surface area (TPSA) is 72.5 Å². The van der Waals surface area contributed by atoms with Gasteiger partial charge in [-0.3, -0.25) is 0 Å². The van der Waals surface area contributed by atoms with Crippen molar-refractivity contribution in [3.63, 3.8) is 0 Å². The molecular weight excluding hydrogens is 284 g/mol. The fourth-order valence-electron chi connectivity index (χ4n) is 1.76. The summed E-state index contributed by atoms with van der Waals surface area (Å²) < 4.78 is 1.51. The van der Waals surface area contributed by atoms with E-state index in [0.29, 0.717) is 10.8 Å². The maximum Gasteiger partial charge on any atom is 0.372 e. The van der Waals surface area contributed by atoms with Gasteiger partial charge in [0, 0.05) is 11.4 Å². The molecule has 0 aliphatic rings. The Hall–Kier alpha value is -1.28. The number of aromatic nitrogens is 2. The van der Waals surface area contributed by atoms with Gasteiger partial charge < -0.3 is 15.4 Å². The number of imidazole rings is 1. The van der Waals surface area contributed by atoms with Crippen LogP contribution in [0.1, 0.15) is 20.3 Å². The van der Waals surface area contributed by atoms with Gasteiger partial charge in [-0.2, -0.15) is 21.1 Å². The Morgan fingerprint density at radius 3 is 3.16 bits per heavy atom. The van der Waals surface area contributed by atoms with Gasteiger partial charge in [0.15, 0.2) is 0 Å². The molecule has 0 aliphatic heterocycles. The van der Waals surface area contributed by atoms with Crippen LogP contribution in [0.5, 0.6) is 0 Å². The Labute approximate surface area is 119 Å². The van der Waals surface area contributed by atoms with E-state index in [0.717, 1.165) is 17.9 Å². The van der Waals surface area contributed by atoms with Gasteiger partial charge >= 0.3 is 5.82 Å². The highest BCUT2D eigenvalue weighted by molar-refractivity contribution is 7.99. The van der Waals surface area contributed by atoms with Crippen LogP contribution in [0.25, 0.3) is 4.96 Å². The van der Waals surface area contributed by atoms with E-state index in [9.17, 15) is 10.1 Å². The minimum atomic E-state index is -0.386. The largest absolute Gasteiger partial charge is 0.372 e. The zero-order valence-electron chi connectivity index (χ0n) is 10.8. The molecule has 104 valence electrons. The van der Waals surface area contributed by atoms with Gasteiger partial charge in [-0.05, 0) is 29.8 Å². The first-order chi connectivity index (χ1) is 9.13. The number of rotatable bonds is 7. The van der Waals surface area contributed by atoms with Gasteiger partial charge in [0.1, 0.15) is 6.20 Å². The van der Waals surface area contributed by atoms with Crippen molar-refractivity contribution >= 4 is 39.7 Å². The maximum absolute atomic E-state index is 11.1. The number of nitrogens with zero attached hydrogens (tertiary/aromatic N) is 3. The summed E-state index contributed by atoms with van der Waals surface area (Å²) in [5.74, 6) is 2.52. The normalized spacial score (nSPS) is 12.7. The fourth-order valence-corrected chi connectivity index (χ4v) is 3.27. The summed E-state index contributed by atoms with van der Waals surface area (Å²) >= 11 is 3.26. The Morgan fingerprint density at radius 2 is 2.47 bits per heavy atom. The molecule has 2 aromatic heterocycles. The molecule has 0 radical (unpaired) electrons. The smallest absolute Gasteiger partial charge is 0.360 e. The van der Waals surface area contributed by atoms with E-state index in [1.807, 2.05) is 18.7 Å². The monoisotopic (exact) mass is 300 g/mol. The lowest BCUT2D eigenvalue weighted by molar-refractivity contribution is -0.389. The first-order valence-electron chi connectivity index (χ1n) is 6.07. The van der Waals surface area contributed by atoms with Crippen LogP contribution in [0.4, 0.5) is 11.6 Å². The number of thiazole rings is 1. The Bertz CT molecular complexity index is 566. The van der Waals surface area contributed by atoms with Crippen molar-refractivity contribution in [2.75, 3.05) is 16.8 Å². The van der Waals surface area contributed by atoms with Gasteiger partial charge in [0.25, 0.3) is 4.96 Å². The standard InChI is InChI=1S/C11H16N4O2S2/c1-3-18-6-4-8(2)12-9-10(15(16)17)14-5-7-19-11(14)13-9/h5,7-8,12H,3-4,6H2,1-2H3. The number of fused-ring (bicyclic) bond motifs is 1. The molecule has 0 bridgehead atoms. The molecule has 0 aromatic carbocycles. The van der Waals surface area contributed by atoms with E-state index in [4.69, 9.17) is 0 Å². The Morgan fingerprint density at radius 1 is 1.68 bits per heavy atom. The summed E-state index contributed by atoms with van der Waals surface area (Å²) in [4.78, 5) is 15.7. The van der Waals surface area contributed by atoms with E-state index < -0.39 is 0 Å². The maximum atomic E-state index is 11.1. The van der Waals surface area contributed by atoms with Crippen molar-refractivity contribution in [1.29, 1.82) is 0 Å². The molecule has 1 atom stereocenters.